The molecule has 1 aliphatic heterocycles. The van der Waals surface area contributed by atoms with E-state index in [1.807, 2.05) is 91.0 Å². The number of hydrogen-bond acceptors (Lipinski definition) is 5. The first-order valence-corrected chi connectivity index (χ1v) is 12.1. The molecule has 0 N–H and O–H groups in total. The molecule has 4 rings (SSSR count). The second-order valence-corrected chi connectivity index (χ2v) is 8.50. The number of alkyl halides is 1. The van der Waals surface area contributed by atoms with Crippen LogP contribution >= 0.6 is 11.6 Å². The van der Waals surface area contributed by atoms with Crippen molar-refractivity contribution in [2.24, 2.45) is 0 Å². The zero-order valence-corrected chi connectivity index (χ0v) is 19.9. The predicted octanol–water partition coefficient (Wildman–Crippen LogP) is 5.35. The van der Waals surface area contributed by atoms with Crippen LogP contribution in [0.15, 0.2) is 91.0 Å². The first-order valence-electron chi connectivity index (χ1n) is 11.6. The van der Waals surface area contributed by atoms with Gasteiger partial charge < -0.3 is 23.7 Å². The largest absolute Gasteiger partial charge is 0.368 e. The fraction of sp³-hybridized carbons (Fsp3) is 0.357. The first kappa shape index (κ1) is 24.9. The molecule has 1 saturated heterocycles. The van der Waals surface area contributed by atoms with Gasteiger partial charge in [-0.05, 0) is 16.7 Å². The van der Waals surface area contributed by atoms with Crippen LogP contribution in [0.2, 0.25) is 0 Å². The highest BCUT2D eigenvalue weighted by Crippen LogP contribution is 2.27. The minimum absolute atomic E-state index is 0.319. The summed E-state index contributed by atoms with van der Waals surface area (Å²) in [6.45, 7) is 2.00. The molecule has 0 saturated carbocycles. The molecule has 1 fully saturated rings. The maximum Gasteiger partial charge on any atom is 0.186 e. The molecular weight excluding hydrogens is 452 g/mol. The maximum absolute atomic E-state index is 6.44. The second-order valence-electron chi connectivity index (χ2n) is 8.12. The molecule has 1 aliphatic rings. The summed E-state index contributed by atoms with van der Waals surface area (Å²) in [5.41, 5.74) is 3.23. The van der Waals surface area contributed by atoms with E-state index in [1.165, 1.54) is 0 Å². The van der Waals surface area contributed by atoms with Crippen LogP contribution < -0.4 is 0 Å². The monoisotopic (exact) mass is 482 g/mol. The molecule has 34 heavy (non-hydrogen) atoms. The van der Waals surface area contributed by atoms with Gasteiger partial charge in [-0.3, -0.25) is 0 Å². The fourth-order valence-electron chi connectivity index (χ4n) is 3.88. The zero-order valence-electron chi connectivity index (χ0n) is 19.1. The van der Waals surface area contributed by atoms with Gasteiger partial charge in [-0.15, -0.1) is 11.6 Å². The number of rotatable bonds is 12. The predicted molar refractivity (Wildman–Crippen MR) is 131 cm³/mol. The fourth-order valence-corrected chi connectivity index (χ4v) is 3.97. The molecule has 0 radical (unpaired) electrons. The number of ether oxygens (including phenoxy) is 5. The SMILES string of the molecule is ClCCO[C@@H]1OC[C@@H](OCc2ccccc2)C(OCc2ccccc2)C1OCc1ccccc1. The van der Waals surface area contributed by atoms with Crippen molar-refractivity contribution in [1.29, 1.82) is 0 Å². The van der Waals surface area contributed by atoms with Crippen LogP contribution in [0.25, 0.3) is 0 Å². The number of benzene rings is 3. The van der Waals surface area contributed by atoms with Gasteiger partial charge in [0.15, 0.2) is 6.29 Å². The second kappa shape index (κ2) is 13.6. The highest BCUT2D eigenvalue weighted by atomic mass is 35.5. The molecule has 4 atom stereocenters. The minimum atomic E-state index is -0.597. The summed E-state index contributed by atoms with van der Waals surface area (Å²) in [6.07, 6.45) is -1.79. The van der Waals surface area contributed by atoms with Crippen LogP contribution in [0.3, 0.4) is 0 Å². The van der Waals surface area contributed by atoms with Gasteiger partial charge >= 0.3 is 0 Å². The van der Waals surface area contributed by atoms with Crippen molar-refractivity contribution in [2.75, 3.05) is 19.1 Å². The molecule has 3 aromatic rings. The van der Waals surface area contributed by atoms with Crippen molar-refractivity contribution in [3.8, 4) is 0 Å². The molecule has 2 unspecified atom stereocenters. The Kier molecular flexibility index (Phi) is 9.94. The summed E-state index contributed by atoms with van der Waals surface area (Å²) in [5.74, 6) is 0.370. The minimum Gasteiger partial charge on any atom is -0.368 e. The van der Waals surface area contributed by atoms with E-state index >= 15 is 0 Å². The van der Waals surface area contributed by atoms with E-state index in [2.05, 4.69) is 0 Å². The van der Waals surface area contributed by atoms with Crippen LogP contribution in [0.1, 0.15) is 16.7 Å². The summed E-state index contributed by atoms with van der Waals surface area (Å²) in [5, 5.41) is 0. The summed E-state index contributed by atoms with van der Waals surface area (Å²) in [4.78, 5) is 0. The molecule has 6 heteroatoms. The molecule has 1 heterocycles. The lowest BCUT2D eigenvalue weighted by atomic mass is 10.0. The number of hydrogen-bond donors (Lipinski definition) is 0. The molecule has 0 bridgehead atoms. The zero-order chi connectivity index (χ0) is 23.4. The molecule has 0 aliphatic carbocycles. The van der Waals surface area contributed by atoms with Gasteiger partial charge in [0.05, 0.1) is 33.0 Å². The molecule has 0 spiro atoms. The summed E-state index contributed by atoms with van der Waals surface area (Å²) < 4.78 is 31.1. The Morgan fingerprint density at radius 3 is 1.59 bits per heavy atom. The van der Waals surface area contributed by atoms with Gasteiger partial charge in [-0.2, -0.15) is 0 Å². The molecule has 180 valence electrons. The topological polar surface area (TPSA) is 46.2 Å². The third-order valence-corrected chi connectivity index (χ3v) is 5.77. The highest BCUT2D eigenvalue weighted by molar-refractivity contribution is 6.17. The van der Waals surface area contributed by atoms with Gasteiger partial charge in [-0.25, -0.2) is 0 Å². The number of halogens is 1. The standard InChI is InChI=1S/C28H31ClO5/c29-16-17-30-28-27(33-20-24-14-8-3-9-15-24)26(32-19-23-12-6-2-7-13-23)25(21-34-28)31-18-22-10-4-1-5-11-22/h1-15,25-28H,16-21H2/t25-,26?,27?,28-/m1/s1. The van der Waals surface area contributed by atoms with Gasteiger partial charge in [0.25, 0.3) is 0 Å². The first-order chi connectivity index (χ1) is 16.8. The van der Waals surface area contributed by atoms with Gasteiger partial charge in [0, 0.05) is 5.88 Å². The third-order valence-electron chi connectivity index (χ3n) is 5.62. The van der Waals surface area contributed by atoms with Crippen LogP contribution in [-0.2, 0) is 43.5 Å². The quantitative estimate of drug-likeness (QED) is 0.325. The van der Waals surface area contributed by atoms with Crippen molar-refractivity contribution >= 4 is 11.6 Å². The highest BCUT2D eigenvalue weighted by Gasteiger charge is 2.43. The van der Waals surface area contributed by atoms with Crippen LogP contribution in [-0.4, -0.2) is 43.7 Å². The van der Waals surface area contributed by atoms with Gasteiger partial charge in [0.1, 0.15) is 18.3 Å². The maximum atomic E-state index is 6.44. The lowest BCUT2D eigenvalue weighted by Crippen LogP contribution is -2.56. The van der Waals surface area contributed by atoms with Crippen LogP contribution in [0, 0.1) is 0 Å². The molecular formula is C28H31ClO5. The normalized spacial score (nSPS) is 22.5. The van der Waals surface area contributed by atoms with Gasteiger partial charge in [0.2, 0.25) is 0 Å². The van der Waals surface area contributed by atoms with Crippen molar-refractivity contribution in [2.45, 2.75) is 44.4 Å². The van der Waals surface area contributed by atoms with Gasteiger partial charge in [-0.1, -0.05) is 91.0 Å². The lowest BCUT2D eigenvalue weighted by Gasteiger charge is -2.41. The third kappa shape index (κ3) is 7.37. The molecule has 3 aromatic carbocycles. The Labute approximate surface area is 206 Å². The summed E-state index contributed by atoms with van der Waals surface area (Å²) >= 11 is 5.89. The smallest absolute Gasteiger partial charge is 0.186 e. The van der Waals surface area contributed by atoms with E-state index in [4.69, 9.17) is 35.3 Å². The van der Waals surface area contributed by atoms with E-state index in [9.17, 15) is 0 Å². The molecule has 0 amide bonds. The average Bonchev–Trinajstić information content (AvgIpc) is 2.90. The van der Waals surface area contributed by atoms with Crippen LogP contribution in [0.4, 0.5) is 0 Å². The van der Waals surface area contributed by atoms with Crippen molar-refractivity contribution in [3.05, 3.63) is 108 Å². The average molecular weight is 483 g/mol. The Bertz CT molecular complexity index is 941. The lowest BCUT2D eigenvalue weighted by molar-refractivity contribution is -0.298. The molecule has 5 nitrogen and oxygen atoms in total. The Hall–Kier alpha value is -2.25. The van der Waals surface area contributed by atoms with E-state index in [0.29, 0.717) is 38.9 Å². The van der Waals surface area contributed by atoms with E-state index in [1.54, 1.807) is 0 Å². The van der Waals surface area contributed by atoms with Crippen molar-refractivity contribution < 1.29 is 23.7 Å². The van der Waals surface area contributed by atoms with E-state index in [-0.39, 0.29) is 12.2 Å². The van der Waals surface area contributed by atoms with Crippen molar-refractivity contribution in [3.63, 3.8) is 0 Å². The van der Waals surface area contributed by atoms with E-state index in [0.717, 1.165) is 16.7 Å². The van der Waals surface area contributed by atoms with E-state index < -0.39 is 12.4 Å². The Morgan fingerprint density at radius 1 is 0.618 bits per heavy atom. The Morgan fingerprint density at radius 2 is 1.09 bits per heavy atom. The summed E-state index contributed by atoms with van der Waals surface area (Å²) in [7, 11) is 0. The summed E-state index contributed by atoms with van der Waals surface area (Å²) in [6, 6.07) is 30.2. The van der Waals surface area contributed by atoms with Crippen molar-refractivity contribution in [1.82, 2.24) is 0 Å². The Balaban J connectivity index is 1.51. The molecule has 0 aromatic heterocycles. The van der Waals surface area contributed by atoms with Crippen LogP contribution in [0.5, 0.6) is 0 Å².